The number of aryl methyl sites for hydroxylation is 1. The van der Waals surface area contributed by atoms with Crippen molar-refractivity contribution in [2.75, 3.05) is 0 Å². The topological polar surface area (TPSA) is 56.0 Å². The number of aliphatic imine (C=N–C) groups is 1. The molecule has 3 heterocycles. The van der Waals surface area contributed by atoms with Crippen LogP contribution in [-0.2, 0) is 0 Å². The van der Waals surface area contributed by atoms with Gasteiger partial charge in [-0.1, -0.05) is 11.6 Å². The number of rotatable bonds is 1. The van der Waals surface area contributed by atoms with E-state index in [0.29, 0.717) is 32.4 Å². The number of aromatic nitrogens is 4. The van der Waals surface area contributed by atoms with Gasteiger partial charge in [-0.3, -0.25) is 14.5 Å². The van der Waals surface area contributed by atoms with Gasteiger partial charge in [0.25, 0.3) is 0 Å². The van der Waals surface area contributed by atoms with Crippen molar-refractivity contribution in [3.8, 4) is 5.69 Å². The Morgan fingerprint density at radius 3 is 2.80 bits per heavy atom. The predicted octanol–water partition coefficient (Wildman–Crippen LogP) is 4.44. The second kappa shape index (κ2) is 6.00. The summed E-state index contributed by atoms with van der Waals surface area (Å²) in [6, 6.07) is 6.30. The highest BCUT2D eigenvalue weighted by molar-refractivity contribution is 9.10. The van der Waals surface area contributed by atoms with Crippen molar-refractivity contribution in [2.45, 2.75) is 19.9 Å². The van der Waals surface area contributed by atoms with Crippen molar-refractivity contribution < 1.29 is 4.39 Å². The van der Waals surface area contributed by atoms with Gasteiger partial charge >= 0.3 is 0 Å². The molecule has 0 aliphatic carbocycles. The highest BCUT2D eigenvalue weighted by Crippen LogP contribution is 2.37. The first-order valence-corrected chi connectivity index (χ1v) is 8.75. The van der Waals surface area contributed by atoms with Crippen LogP contribution in [0.3, 0.4) is 0 Å². The van der Waals surface area contributed by atoms with Gasteiger partial charge in [-0.2, -0.15) is 0 Å². The van der Waals surface area contributed by atoms with Crippen molar-refractivity contribution >= 4 is 33.2 Å². The Bertz CT molecular complexity index is 1030. The molecule has 1 atom stereocenters. The summed E-state index contributed by atoms with van der Waals surface area (Å²) in [5.41, 5.74) is 1.91. The lowest BCUT2D eigenvalue weighted by Crippen LogP contribution is -2.12. The summed E-state index contributed by atoms with van der Waals surface area (Å²) in [7, 11) is 0. The molecule has 0 unspecified atom stereocenters. The Morgan fingerprint density at radius 2 is 2.04 bits per heavy atom. The van der Waals surface area contributed by atoms with Gasteiger partial charge in [0.05, 0.1) is 16.4 Å². The Hall–Kier alpha value is -2.12. The molecule has 1 aromatic carbocycles. The fourth-order valence-corrected chi connectivity index (χ4v) is 3.53. The quantitative estimate of drug-likeness (QED) is 0.585. The van der Waals surface area contributed by atoms with E-state index in [1.807, 2.05) is 30.5 Å². The van der Waals surface area contributed by atoms with Gasteiger partial charge in [-0.25, -0.2) is 4.39 Å². The first kappa shape index (κ1) is 16.4. The van der Waals surface area contributed by atoms with Crippen molar-refractivity contribution in [3.63, 3.8) is 0 Å². The van der Waals surface area contributed by atoms with Crippen LogP contribution in [-0.4, -0.2) is 25.5 Å². The van der Waals surface area contributed by atoms with E-state index in [0.717, 1.165) is 5.69 Å². The second-order valence-electron chi connectivity index (χ2n) is 5.68. The Morgan fingerprint density at radius 1 is 1.24 bits per heavy atom. The summed E-state index contributed by atoms with van der Waals surface area (Å²) in [5.74, 6) is 0.924. The van der Waals surface area contributed by atoms with Crippen LogP contribution in [0.1, 0.15) is 35.9 Å². The van der Waals surface area contributed by atoms with Crippen LogP contribution in [0.2, 0.25) is 5.02 Å². The van der Waals surface area contributed by atoms with E-state index in [-0.39, 0.29) is 11.7 Å². The number of halogens is 3. The summed E-state index contributed by atoms with van der Waals surface area (Å²) < 4.78 is 17.1. The second-order valence-corrected chi connectivity index (χ2v) is 6.92. The molecule has 3 aromatic rings. The molecule has 2 aromatic heterocycles. The van der Waals surface area contributed by atoms with E-state index in [2.05, 4.69) is 31.1 Å². The molecule has 1 aliphatic heterocycles. The minimum absolute atomic E-state index is 0.159. The number of hydrogen-bond acceptors (Lipinski definition) is 4. The zero-order valence-corrected chi connectivity index (χ0v) is 15.7. The lowest BCUT2D eigenvalue weighted by atomic mass is 10.0. The number of nitrogens with zero attached hydrogens (tertiary/aromatic N) is 5. The van der Waals surface area contributed by atoms with Crippen LogP contribution in [0.5, 0.6) is 0 Å². The average molecular weight is 421 g/mol. The van der Waals surface area contributed by atoms with Crippen LogP contribution >= 0.6 is 27.5 Å². The number of hydrogen-bond donors (Lipinski definition) is 0. The standard InChI is InChI=1S/C17H12BrClFN5/c1-8-17-24-23-9(2)25(17)12-6-5-10(18)14(19)13(12)16(22-8)15-11(20)4-3-7-21-15/h3-8H,1-2H3/t8-/m0/s1. The summed E-state index contributed by atoms with van der Waals surface area (Å²) >= 11 is 10.0. The molecular weight excluding hydrogens is 409 g/mol. The maximum Gasteiger partial charge on any atom is 0.162 e. The van der Waals surface area contributed by atoms with Gasteiger partial charge in [0.2, 0.25) is 0 Å². The number of fused-ring (bicyclic) bond motifs is 3. The minimum Gasteiger partial charge on any atom is -0.281 e. The number of benzene rings is 1. The first-order valence-electron chi connectivity index (χ1n) is 7.58. The van der Waals surface area contributed by atoms with Gasteiger partial charge in [0.1, 0.15) is 17.6 Å². The molecule has 25 heavy (non-hydrogen) atoms. The average Bonchev–Trinajstić information content (AvgIpc) is 2.92. The molecule has 8 heteroatoms. The monoisotopic (exact) mass is 419 g/mol. The van der Waals surface area contributed by atoms with Crippen molar-refractivity contribution in [1.29, 1.82) is 0 Å². The molecule has 0 radical (unpaired) electrons. The van der Waals surface area contributed by atoms with Gasteiger partial charge < -0.3 is 0 Å². The molecule has 0 saturated carbocycles. The van der Waals surface area contributed by atoms with E-state index in [1.165, 1.54) is 12.3 Å². The van der Waals surface area contributed by atoms with Gasteiger partial charge in [0.15, 0.2) is 11.6 Å². The van der Waals surface area contributed by atoms with Gasteiger partial charge in [-0.05, 0) is 54.0 Å². The van der Waals surface area contributed by atoms with E-state index < -0.39 is 5.82 Å². The molecule has 0 amide bonds. The SMILES string of the molecule is Cc1nnc2n1-c1ccc(Br)c(Cl)c1C(c1ncccc1F)=N[C@H]2C. The highest BCUT2D eigenvalue weighted by atomic mass is 79.9. The smallest absolute Gasteiger partial charge is 0.162 e. The maximum absolute atomic E-state index is 14.5. The molecule has 0 fully saturated rings. The molecule has 126 valence electrons. The zero-order valence-electron chi connectivity index (χ0n) is 13.3. The molecule has 0 N–H and O–H groups in total. The summed E-state index contributed by atoms with van der Waals surface area (Å²) in [4.78, 5) is 8.88. The fourth-order valence-electron chi connectivity index (χ4n) is 2.95. The Kier molecular flexibility index (Phi) is 3.92. The third-order valence-corrected chi connectivity index (χ3v) is 5.36. The third-order valence-electron chi connectivity index (χ3n) is 4.08. The summed E-state index contributed by atoms with van der Waals surface area (Å²) in [6.45, 7) is 3.74. The summed E-state index contributed by atoms with van der Waals surface area (Å²) in [5, 5.41) is 8.83. The molecule has 5 nitrogen and oxygen atoms in total. The lowest BCUT2D eigenvalue weighted by Gasteiger charge is -2.15. The van der Waals surface area contributed by atoms with Crippen LogP contribution in [0.15, 0.2) is 39.9 Å². The highest BCUT2D eigenvalue weighted by Gasteiger charge is 2.29. The van der Waals surface area contributed by atoms with Crippen LogP contribution in [0.4, 0.5) is 4.39 Å². The lowest BCUT2D eigenvalue weighted by molar-refractivity contribution is 0.617. The van der Waals surface area contributed by atoms with E-state index in [4.69, 9.17) is 16.6 Å². The third kappa shape index (κ3) is 2.49. The maximum atomic E-state index is 14.5. The molecule has 0 bridgehead atoms. The molecule has 0 saturated heterocycles. The van der Waals surface area contributed by atoms with Crippen molar-refractivity contribution in [2.24, 2.45) is 4.99 Å². The summed E-state index contributed by atoms with van der Waals surface area (Å²) in [6.07, 6.45) is 1.54. The Labute approximate surface area is 156 Å². The molecule has 0 spiro atoms. The molecule has 4 rings (SSSR count). The fraction of sp³-hybridized carbons (Fsp3) is 0.176. The minimum atomic E-state index is -0.454. The molecular formula is C17H12BrClFN5. The first-order chi connectivity index (χ1) is 12.0. The van der Waals surface area contributed by atoms with Crippen molar-refractivity contribution in [3.05, 3.63) is 68.7 Å². The van der Waals surface area contributed by atoms with Crippen LogP contribution in [0, 0.1) is 12.7 Å². The molecule has 1 aliphatic rings. The van der Waals surface area contributed by atoms with Crippen molar-refractivity contribution in [1.82, 2.24) is 19.7 Å². The predicted molar refractivity (Wildman–Crippen MR) is 97.1 cm³/mol. The van der Waals surface area contributed by atoms with Crippen LogP contribution < -0.4 is 0 Å². The van der Waals surface area contributed by atoms with Crippen LogP contribution in [0.25, 0.3) is 5.69 Å². The Balaban J connectivity index is 2.12. The van der Waals surface area contributed by atoms with E-state index in [1.54, 1.807) is 6.07 Å². The number of pyridine rings is 1. The van der Waals surface area contributed by atoms with Gasteiger partial charge in [0, 0.05) is 16.2 Å². The zero-order chi connectivity index (χ0) is 17.7. The normalized spacial score (nSPS) is 16.0. The van der Waals surface area contributed by atoms with Gasteiger partial charge in [-0.15, -0.1) is 10.2 Å². The largest absolute Gasteiger partial charge is 0.281 e. The van der Waals surface area contributed by atoms with E-state index in [9.17, 15) is 4.39 Å². The van der Waals surface area contributed by atoms with E-state index >= 15 is 0 Å².